The molecule has 1 unspecified atom stereocenters. The predicted molar refractivity (Wildman–Crippen MR) is 102 cm³/mol. The van der Waals surface area contributed by atoms with Crippen LogP contribution in [0.5, 0.6) is 11.5 Å². The molecule has 138 valence electrons. The van der Waals surface area contributed by atoms with E-state index in [1.165, 1.54) is 6.20 Å². The molecule has 5 rings (SSSR count). The number of rotatable bonds is 3. The minimum atomic E-state index is -0.501. The normalized spacial score (nSPS) is 14.9. The van der Waals surface area contributed by atoms with E-state index in [1.807, 2.05) is 0 Å². The molecule has 0 bridgehead atoms. The Hall–Kier alpha value is -4.01. The predicted octanol–water partition coefficient (Wildman–Crippen LogP) is 3.06. The first kappa shape index (κ1) is 16.2. The Morgan fingerprint density at radius 1 is 1.18 bits per heavy atom. The topological polar surface area (TPSA) is 139 Å². The zero-order valence-corrected chi connectivity index (χ0v) is 14.5. The Balaban J connectivity index is 1.88. The van der Waals surface area contributed by atoms with Gasteiger partial charge >= 0.3 is 0 Å². The SMILES string of the molecule is Nc1cncc2c1-c1c(CN=O)nnc3[nH]cc(c13)C(c1ccc(O)cc1)O2. The Kier molecular flexibility index (Phi) is 3.48. The number of nitrogens with zero attached hydrogens (tertiary/aromatic N) is 4. The van der Waals surface area contributed by atoms with E-state index in [4.69, 9.17) is 10.5 Å². The van der Waals surface area contributed by atoms with Gasteiger partial charge in [-0.05, 0) is 17.7 Å². The van der Waals surface area contributed by atoms with Gasteiger partial charge in [0.15, 0.2) is 11.8 Å². The van der Waals surface area contributed by atoms with E-state index in [0.717, 1.165) is 16.5 Å². The second-order valence-electron chi connectivity index (χ2n) is 6.47. The fourth-order valence-corrected chi connectivity index (χ4v) is 3.62. The van der Waals surface area contributed by atoms with Crippen LogP contribution in [-0.4, -0.2) is 25.3 Å². The molecule has 3 aromatic heterocycles. The van der Waals surface area contributed by atoms with E-state index in [-0.39, 0.29) is 12.3 Å². The van der Waals surface area contributed by atoms with Gasteiger partial charge in [-0.2, -0.15) is 10.0 Å². The highest BCUT2D eigenvalue weighted by atomic mass is 16.5. The van der Waals surface area contributed by atoms with Crippen LogP contribution in [0.25, 0.3) is 22.2 Å². The molecule has 0 spiro atoms. The molecule has 0 radical (unpaired) electrons. The van der Waals surface area contributed by atoms with Crippen molar-refractivity contribution in [3.63, 3.8) is 0 Å². The molecule has 4 N–H and O–H groups in total. The van der Waals surface area contributed by atoms with Crippen LogP contribution in [0.2, 0.25) is 0 Å². The van der Waals surface area contributed by atoms with E-state index in [2.05, 4.69) is 25.3 Å². The van der Waals surface area contributed by atoms with Crippen molar-refractivity contribution in [3.8, 4) is 22.6 Å². The summed E-state index contributed by atoms with van der Waals surface area (Å²) in [5.74, 6) is 0.629. The van der Waals surface area contributed by atoms with Crippen LogP contribution in [0, 0.1) is 4.91 Å². The summed E-state index contributed by atoms with van der Waals surface area (Å²) in [6.07, 6.45) is 4.41. The lowest BCUT2D eigenvalue weighted by molar-refractivity contribution is 0.250. The summed E-state index contributed by atoms with van der Waals surface area (Å²) >= 11 is 0. The highest BCUT2D eigenvalue weighted by Gasteiger charge is 2.31. The molecule has 1 aromatic carbocycles. The van der Waals surface area contributed by atoms with Crippen LogP contribution in [0.4, 0.5) is 5.69 Å². The molecule has 1 aliphatic rings. The Morgan fingerprint density at radius 2 is 2.00 bits per heavy atom. The largest absolute Gasteiger partial charge is 0.508 e. The van der Waals surface area contributed by atoms with Gasteiger partial charge in [-0.25, -0.2) is 0 Å². The number of phenols is 1. The van der Waals surface area contributed by atoms with E-state index >= 15 is 0 Å². The fraction of sp³-hybridized carbons (Fsp3) is 0.105. The molecule has 4 aromatic rings. The van der Waals surface area contributed by atoms with Crippen molar-refractivity contribution in [1.29, 1.82) is 0 Å². The first-order valence-electron chi connectivity index (χ1n) is 8.52. The maximum absolute atomic E-state index is 11.0. The molecule has 1 aliphatic heterocycles. The van der Waals surface area contributed by atoms with E-state index < -0.39 is 6.10 Å². The maximum atomic E-state index is 11.0. The number of aromatic nitrogens is 4. The summed E-state index contributed by atoms with van der Waals surface area (Å²) in [5.41, 5.74) is 10.5. The Bertz CT molecular complexity index is 1220. The molecule has 9 heteroatoms. The third-order valence-electron chi connectivity index (χ3n) is 4.83. The molecule has 0 amide bonds. The number of nitrogens with one attached hydrogen (secondary N) is 1. The molecule has 9 nitrogen and oxygen atoms in total. The quantitative estimate of drug-likeness (QED) is 0.468. The third-order valence-corrected chi connectivity index (χ3v) is 4.83. The van der Waals surface area contributed by atoms with Gasteiger partial charge in [-0.3, -0.25) is 4.98 Å². The van der Waals surface area contributed by atoms with Crippen molar-refractivity contribution >= 4 is 16.7 Å². The third kappa shape index (κ3) is 2.29. The number of nitrogen functional groups attached to an aromatic ring is 1. The summed E-state index contributed by atoms with van der Waals surface area (Å²) in [4.78, 5) is 18.3. The van der Waals surface area contributed by atoms with Crippen LogP contribution in [-0.2, 0) is 6.54 Å². The zero-order chi connectivity index (χ0) is 19.3. The van der Waals surface area contributed by atoms with Crippen molar-refractivity contribution in [2.24, 2.45) is 5.18 Å². The molecule has 28 heavy (non-hydrogen) atoms. The number of aromatic amines is 1. The second kappa shape index (κ2) is 6.02. The lowest BCUT2D eigenvalue weighted by Crippen LogP contribution is -2.08. The van der Waals surface area contributed by atoms with Gasteiger partial charge in [0, 0.05) is 22.7 Å². The molecule has 0 saturated heterocycles. The van der Waals surface area contributed by atoms with E-state index in [1.54, 1.807) is 36.7 Å². The standard InChI is InChI=1S/C19H14N6O3/c20-12-6-21-8-14-16(12)17-13(7-23-27)24-25-19-15(17)11(5-22-19)18(28-14)9-1-3-10(26)4-2-9/h1-6,8,18,26H,7,20H2,(H,22,25). The number of pyridine rings is 1. The number of H-pyrrole nitrogens is 1. The minimum Gasteiger partial charge on any atom is -0.508 e. The summed E-state index contributed by atoms with van der Waals surface area (Å²) in [7, 11) is 0. The molecule has 0 fully saturated rings. The summed E-state index contributed by atoms with van der Waals surface area (Å²) in [5, 5.41) is 21.8. The van der Waals surface area contributed by atoms with Crippen molar-refractivity contribution < 1.29 is 9.84 Å². The van der Waals surface area contributed by atoms with Crippen molar-refractivity contribution in [2.75, 3.05) is 5.73 Å². The molecular weight excluding hydrogens is 360 g/mol. The second-order valence-corrected chi connectivity index (χ2v) is 6.47. The molecular formula is C19H14N6O3. The number of fused-ring (bicyclic) bond motifs is 2. The fourth-order valence-electron chi connectivity index (χ4n) is 3.62. The van der Waals surface area contributed by atoms with Gasteiger partial charge in [-0.15, -0.1) is 5.10 Å². The number of anilines is 1. The summed E-state index contributed by atoms with van der Waals surface area (Å²) in [6.45, 7) is -0.145. The Morgan fingerprint density at radius 3 is 2.79 bits per heavy atom. The minimum absolute atomic E-state index is 0.145. The van der Waals surface area contributed by atoms with Gasteiger partial charge < -0.3 is 20.6 Å². The van der Waals surface area contributed by atoms with Crippen molar-refractivity contribution in [2.45, 2.75) is 12.6 Å². The van der Waals surface area contributed by atoms with Gasteiger partial charge in [0.25, 0.3) is 0 Å². The van der Waals surface area contributed by atoms with Crippen LogP contribution in [0.15, 0.2) is 48.0 Å². The number of benzene rings is 1. The average Bonchev–Trinajstić information content (AvgIpc) is 3.05. The van der Waals surface area contributed by atoms with Crippen LogP contribution >= 0.6 is 0 Å². The monoisotopic (exact) mass is 374 g/mol. The number of nitroso groups, excluding NO2 is 1. The van der Waals surface area contributed by atoms with Gasteiger partial charge in [-0.1, -0.05) is 17.3 Å². The molecule has 1 atom stereocenters. The van der Waals surface area contributed by atoms with Crippen molar-refractivity contribution in [1.82, 2.24) is 20.2 Å². The van der Waals surface area contributed by atoms with Crippen LogP contribution in [0.1, 0.15) is 22.9 Å². The number of hydrogen-bond donors (Lipinski definition) is 3. The van der Waals surface area contributed by atoms with Gasteiger partial charge in [0.2, 0.25) is 0 Å². The molecule has 0 saturated carbocycles. The van der Waals surface area contributed by atoms with Crippen molar-refractivity contribution in [3.05, 3.63) is 64.6 Å². The number of nitrogens with two attached hydrogens (primary N) is 1. The Labute approximate surface area is 158 Å². The van der Waals surface area contributed by atoms with E-state index in [0.29, 0.717) is 33.9 Å². The maximum Gasteiger partial charge on any atom is 0.161 e. The number of ether oxygens (including phenoxy) is 1. The zero-order valence-electron chi connectivity index (χ0n) is 14.5. The number of phenolic OH excluding ortho intramolecular Hbond substituents is 1. The first-order valence-corrected chi connectivity index (χ1v) is 8.52. The summed E-state index contributed by atoms with van der Waals surface area (Å²) in [6, 6.07) is 6.76. The van der Waals surface area contributed by atoms with Gasteiger partial charge in [0.05, 0.1) is 29.3 Å². The number of aromatic hydroxyl groups is 1. The van der Waals surface area contributed by atoms with Crippen LogP contribution < -0.4 is 10.5 Å². The van der Waals surface area contributed by atoms with Gasteiger partial charge in [0.1, 0.15) is 18.0 Å². The lowest BCUT2D eigenvalue weighted by Gasteiger charge is -2.18. The highest BCUT2D eigenvalue weighted by Crippen LogP contribution is 2.48. The first-order chi connectivity index (χ1) is 13.7. The highest BCUT2D eigenvalue weighted by molar-refractivity contribution is 6.02. The van der Waals surface area contributed by atoms with E-state index in [9.17, 15) is 10.0 Å². The molecule has 0 aliphatic carbocycles. The lowest BCUT2D eigenvalue weighted by atomic mass is 9.96. The smallest absolute Gasteiger partial charge is 0.161 e. The molecule has 4 heterocycles. The summed E-state index contributed by atoms with van der Waals surface area (Å²) < 4.78 is 6.32. The average molecular weight is 374 g/mol. The van der Waals surface area contributed by atoms with Crippen LogP contribution in [0.3, 0.4) is 0 Å². The number of hydrogen-bond acceptors (Lipinski definition) is 8.